The van der Waals surface area contributed by atoms with Crippen LogP contribution in [0.25, 0.3) is 0 Å². The molecule has 1 aromatic heterocycles. The van der Waals surface area contributed by atoms with Crippen molar-refractivity contribution in [1.82, 2.24) is 9.55 Å². The van der Waals surface area contributed by atoms with Crippen molar-refractivity contribution in [1.29, 1.82) is 0 Å². The van der Waals surface area contributed by atoms with E-state index in [0.29, 0.717) is 5.82 Å². The van der Waals surface area contributed by atoms with E-state index in [-0.39, 0.29) is 5.69 Å². The average molecular weight is 154 g/mol. The molecule has 0 aliphatic carbocycles. The first-order valence-electron chi connectivity index (χ1n) is 3.16. The summed E-state index contributed by atoms with van der Waals surface area (Å²) in [7, 11) is 1.64. The quantitative estimate of drug-likeness (QED) is 0.417. The number of hydrazine groups is 1. The van der Waals surface area contributed by atoms with Crippen LogP contribution in [0.1, 0.15) is 5.56 Å². The summed E-state index contributed by atoms with van der Waals surface area (Å²) in [6, 6.07) is 0. The first-order valence-corrected chi connectivity index (χ1v) is 3.16. The van der Waals surface area contributed by atoms with Crippen LogP contribution in [-0.2, 0) is 7.05 Å². The maximum absolute atomic E-state index is 10.9. The van der Waals surface area contributed by atoms with Crippen LogP contribution in [0, 0.1) is 6.92 Å². The topological polar surface area (TPSA) is 72.9 Å². The minimum absolute atomic E-state index is 0.316. The predicted octanol–water partition coefficient (Wildman–Crippen LogP) is -0.626. The number of nitrogens with two attached hydrogens (primary N) is 1. The number of rotatable bonds is 1. The van der Waals surface area contributed by atoms with Gasteiger partial charge in [-0.3, -0.25) is 0 Å². The molecule has 3 N–H and O–H groups in total. The lowest BCUT2D eigenvalue weighted by Crippen LogP contribution is -2.23. The summed E-state index contributed by atoms with van der Waals surface area (Å²) in [5.74, 6) is 5.53. The Kier molecular flexibility index (Phi) is 1.91. The van der Waals surface area contributed by atoms with Gasteiger partial charge in [0.15, 0.2) is 0 Å². The summed E-state index contributed by atoms with van der Waals surface area (Å²) in [6.07, 6.45) is 1.67. The van der Waals surface area contributed by atoms with E-state index >= 15 is 0 Å². The van der Waals surface area contributed by atoms with Crippen molar-refractivity contribution in [3.8, 4) is 0 Å². The van der Waals surface area contributed by atoms with Crippen LogP contribution in [0.5, 0.6) is 0 Å². The molecule has 0 amide bonds. The zero-order valence-electron chi connectivity index (χ0n) is 6.46. The van der Waals surface area contributed by atoms with E-state index in [1.54, 1.807) is 13.2 Å². The van der Waals surface area contributed by atoms with Crippen molar-refractivity contribution in [3.05, 3.63) is 22.2 Å². The van der Waals surface area contributed by atoms with E-state index in [9.17, 15) is 4.79 Å². The minimum atomic E-state index is -0.316. The number of aryl methyl sites for hydroxylation is 2. The second-order valence-electron chi connectivity index (χ2n) is 2.31. The predicted molar refractivity (Wildman–Crippen MR) is 42.0 cm³/mol. The molecule has 5 nitrogen and oxygen atoms in total. The van der Waals surface area contributed by atoms with E-state index in [2.05, 4.69) is 10.4 Å². The fraction of sp³-hybridized carbons (Fsp3) is 0.333. The molecule has 0 aromatic carbocycles. The number of nitrogens with zero attached hydrogens (tertiary/aromatic N) is 2. The zero-order chi connectivity index (χ0) is 8.43. The molecule has 5 heteroatoms. The van der Waals surface area contributed by atoms with E-state index < -0.39 is 0 Å². The first-order chi connectivity index (χ1) is 5.15. The molecule has 0 unspecified atom stereocenters. The van der Waals surface area contributed by atoms with Crippen LogP contribution in [0.15, 0.2) is 11.0 Å². The maximum Gasteiger partial charge on any atom is 0.349 e. The monoisotopic (exact) mass is 154 g/mol. The largest absolute Gasteiger partial charge is 0.349 e. The molecule has 0 saturated carbocycles. The van der Waals surface area contributed by atoms with Gasteiger partial charge in [-0.15, -0.1) is 0 Å². The molecule has 0 radical (unpaired) electrons. The summed E-state index contributed by atoms with van der Waals surface area (Å²) in [6.45, 7) is 1.82. The molecule has 0 saturated heterocycles. The summed E-state index contributed by atoms with van der Waals surface area (Å²) < 4.78 is 1.40. The van der Waals surface area contributed by atoms with Gasteiger partial charge in [0.05, 0.1) is 0 Å². The highest BCUT2D eigenvalue weighted by atomic mass is 16.1. The van der Waals surface area contributed by atoms with Gasteiger partial charge in [0, 0.05) is 18.8 Å². The molecule has 0 bridgehead atoms. The van der Waals surface area contributed by atoms with Crippen LogP contribution in [0.2, 0.25) is 0 Å². The van der Waals surface area contributed by atoms with Crippen LogP contribution >= 0.6 is 0 Å². The SMILES string of the molecule is Cc1cn(C)c(=O)nc1NN. The lowest BCUT2D eigenvalue weighted by molar-refractivity contribution is 0.802. The Morgan fingerprint density at radius 2 is 2.36 bits per heavy atom. The smallest absolute Gasteiger partial charge is 0.308 e. The summed E-state index contributed by atoms with van der Waals surface area (Å²) in [4.78, 5) is 14.6. The fourth-order valence-corrected chi connectivity index (χ4v) is 0.816. The Morgan fingerprint density at radius 1 is 1.73 bits per heavy atom. The minimum Gasteiger partial charge on any atom is -0.308 e. The van der Waals surface area contributed by atoms with Gasteiger partial charge in [-0.1, -0.05) is 0 Å². The molecule has 11 heavy (non-hydrogen) atoms. The van der Waals surface area contributed by atoms with Crippen molar-refractivity contribution in [2.24, 2.45) is 12.9 Å². The van der Waals surface area contributed by atoms with Crippen LogP contribution in [-0.4, -0.2) is 9.55 Å². The highest BCUT2D eigenvalue weighted by Gasteiger charge is 1.99. The third-order valence-electron chi connectivity index (χ3n) is 1.41. The molecule has 1 aromatic rings. The summed E-state index contributed by atoms with van der Waals surface area (Å²) in [5, 5.41) is 0. The van der Waals surface area contributed by atoms with Crippen LogP contribution < -0.4 is 17.0 Å². The molecule has 0 aliphatic heterocycles. The maximum atomic E-state index is 10.9. The lowest BCUT2D eigenvalue weighted by atomic mass is 10.3. The van der Waals surface area contributed by atoms with E-state index in [4.69, 9.17) is 5.84 Å². The molecule has 0 fully saturated rings. The summed E-state index contributed by atoms with van der Waals surface area (Å²) >= 11 is 0. The number of nitrogen functional groups attached to an aromatic ring is 1. The van der Waals surface area contributed by atoms with E-state index in [0.717, 1.165) is 5.56 Å². The third kappa shape index (κ3) is 1.38. The third-order valence-corrected chi connectivity index (χ3v) is 1.41. The number of anilines is 1. The van der Waals surface area contributed by atoms with Crippen LogP contribution in [0.3, 0.4) is 0 Å². The van der Waals surface area contributed by atoms with Gasteiger partial charge in [0.1, 0.15) is 5.82 Å². The first kappa shape index (κ1) is 7.74. The van der Waals surface area contributed by atoms with Crippen molar-refractivity contribution < 1.29 is 0 Å². The number of hydrogen-bond acceptors (Lipinski definition) is 4. The van der Waals surface area contributed by atoms with Crippen molar-refractivity contribution in [2.75, 3.05) is 5.43 Å². The number of nitrogens with one attached hydrogen (secondary N) is 1. The Labute approximate surface area is 63.8 Å². The fourth-order valence-electron chi connectivity index (χ4n) is 0.816. The van der Waals surface area contributed by atoms with Gasteiger partial charge in [0.2, 0.25) is 0 Å². The zero-order valence-corrected chi connectivity index (χ0v) is 6.46. The number of hydrogen-bond donors (Lipinski definition) is 2. The molecular weight excluding hydrogens is 144 g/mol. The Hall–Kier alpha value is -1.36. The molecule has 1 heterocycles. The van der Waals surface area contributed by atoms with Gasteiger partial charge >= 0.3 is 5.69 Å². The van der Waals surface area contributed by atoms with Gasteiger partial charge in [-0.25, -0.2) is 10.6 Å². The lowest BCUT2D eigenvalue weighted by Gasteiger charge is -2.03. The molecule has 1 rings (SSSR count). The Morgan fingerprint density at radius 3 is 2.91 bits per heavy atom. The molecular formula is C6H10N4O. The van der Waals surface area contributed by atoms with Gasteiger partial charge in [-0.2, -0.15) is 4.98 Å². The normalized spacial score (nSPS) is 9.73. The van der Waals surface area contributed by atoms with E-state index in [1.807, 2.05) is 6.92 Å². The Bertz CT molecular complexity index is 317. The molecule has 0 aliphatic rings. The second-order valence-corrected chi connectivity index (χ2v) is 2.31. The summed E-state index contributed by atoms with van der Waals surface area (Å²) in [5.41, 5.74) is 2.86. The molecule has 0 spiro atoms. The second kappa shape index (κ2) is 2.71. The average Bonchev–Trinajstić information content (AvgIpc) is 1.97. The van der Waals surface area contributed by atoms with Crippen LogP contribution in [0.4, 0.5) is 5.82 Å². The highest BCUT2D eigenvalue weighted by Crippen LogP contribution is 2.03. The van der Waals surface area contributed by atoms with Gasteiger partial charge < -0.3 is 9.99 Å². The van der Waals surface area contributed by atoms with Gasteiger partial charge in [-0.05, 0) is 6.92 Å². The molecule has 0 atom stereocenters. The van der Waals surface area contributed by atoms with Crippen molar-refractivity contribution >= 4 is 5.82 Å². The van der Waals surface area contributed by atoms with Crippen molar-refractivity contribution in [3.63, 3.8) is 0 Å². The highest BCUT2D eigenvalue weighted by molar-refractivity contribution is 5.39. The standard InChI is InChI=1S/C6H10N4O/c1-4-3-10(2)6(11)8-5(4)9-7/h3H,7H2,1-2H3,(H,8,9,11). The van der Waals surface area contributed by atoms with Gasteiger partial charge in [0.25, 0.3) is 0 Å². The Balaban J connectivity index is 3.32. The molecule has 60 valence electrons. The van der Waals surface area contributed by atoms with Crippen molar-refractivity contribution in [2.45, 2.75) is 6.92 Å². The van der Waals surface area contributed by atoms with E-state index in [1.165, 1.54) is 4.57 Å². The number of aromatic nitrogens is 2.